The number of rotatable bonds is 4. The Kier molecular flexibility index (Phi) is 4.78. The Morgan fingerprint density at radius 1 is 1.16 bits per heavy atom. The van der Waals surface area contributed by atoms with Crippen LogP contribution in [0.4, 0.5) is 0 Å². The molecule has 0 N–H and O–H groups in total. The van der Waals surface area contributed by atoms with Gasteiger partial charge in [0.15, 0.2) is 0 Å². The van der Waals surface area contributed by atoms with E-state index in [-0.39, 0.29) is 11.9 Å². The molecule has 0 radical (unpaired) electrons. The van der Waals surface area contributed by atoms with Gasteiger partial charge in [-0.2, -0.15) is 20.0 Å². The highest BCUT2D eigenvalue weighted by atomic mass is 35.5. The minimum Gasteiger partial charge on any atom is -0.337 e. The molecule has 1 aliphatic heterocycles. The Labute approximate surface area is 183 Å². The predicted molar refractivity (Wildman–Crippen MR) is 114 cm³/mol. The van der Waals surface area contributed by atoms with Crippen LogP contribution in [0, 0.1) is 13.8 Å². The van der Waals surface area contributed by atoms with Gasteiger partial charge in [0.1, 0.15) is 6.04 Å². The molecule has 156 valence electrons. The normalized spacial score (nSPS) is 15.7. The Hall–Kier alpha value is -3.52. The summed E-state index contributed by atoms with van der Waals surface area (Å²) in [5.41, 5.74) is 3.84. The number of halogens is 1. The Bertz CT molecular complexity index is 1270. The summed E-state index contributed by atoms with van der Waals surface area (Å²) in [6.45, 7) is 4.47. The first kappa shape index (κ1) is 19.4. The lowest BCUT2D eigenvalue weighted by Crippen LogP contribution is -2.45. The lowest BCUT2D eigenvalue weighted by molar-refractivity contribution is 0.0378. The van der Waals surface area contributed by atoms with Gasteiger partial charge in [0.05, 0.1) is 23.6 Å². The van der Waals surface area contributed by atoms with E-state index in [2.05, 4.69) is 20.3 Å². The van der Waals surface area contributed by atoms with Gasteiger partial charge in [-0.3, -0.25) is 4.79 Å². The molecule has 1 unspecified atom stereocenters. The summed E-state index contributed by atoms with van der Waals surface area (Å²) in [6.07, 6.45) is 3.92. The number of carbonyl (C=O) groups excluding carboxylic acids is 1. The molecule has 1 aliphatic rings. The van der Waals surface area contributed by atoms with E-state index in [1.54, 1.807) is 17.3 Å². The SMILES string of the molecule is Cc1ccc(-n2nccn2)c(C(=O)N2CCC2c2nc(-c3cccc(Cl)c3C)no2)c1. The van der Waals surface area contributed by atoms with Crippen molar-refractivity contribution >= 4 is 17.5 Å². The summed E-state index contributed by atoms with van der Waals surface area (Å²) in [5, 5.41) is 13.1. The van der Waals surface area contributed by atoms with Crippen LogP contribution in [0.5, 0.6) is 0 Å². The zero-order chi connectivity index (χ0) is 21.5. The van der Waals surface area contributed by atoms with Crippen LogP contribution in [0.15, 0.2) is 53.3 Å². The topological polar surface area (TPSA) is 89.9 Å². The van der Waals surface area contributed by atoms with Gasteiger partial charge in [-0.05, 0) is 44.0 Å². The van der Waals surface area contributed by atoms with E-state index in [1.165, 1.54) is 4.80 Å². The van der Waals surface area contributed by atoms with Crippen molar-refractivity contribution in [3.8, 4) is 17.1 Å². The van der Waals surface area contributed by atoms with Crippen molar-refractivity contribution in [3.63, 3.8) is 0 Å². The van der Waals surface area contributed by atoms with Crippen LogP contribution in [-0.2, 0) is 0 Å². The van der Waals surface area contributed by atoms with Gasteiger partial charge < -0.3 is 9.42 Å². The van der Waals surface area contributed by atoms with Gasteiger partial charge in [0, 0.05) is 17.1 Å². The van der Waals surface area contributed by atoms with Crippen molar-refractivity contribution in [2.45, 2.75) is 26.3 Å². The smallest absolute Gasteiger partial charge is 0.256 e. The van der Waals surface area contributed by atoms with Crippen molar-refractivity contribution in [1.29, 1.82) is 0 Å². The first-order chi connectivity index (χ1) is 15.0. The fourth-order valence-corrected chi connectivity index (χ4v) is 3.88. The van der Waals surface area contributed by atoms with Crippen LogP contribution >= 0.6 is 11.6 Å². The molecule has 0 saturated carbocycles. The molecule has 3 heterocycles. The molecule has 31 heavy (non-hydrogen) atoms. The van der Waals surface area contributed by atoms with Crippen molar-refractivity contribution in [2.75, 3.05) is 6.54 Å². The van der Waals surface area contributed by atoms with E-state index in [0.29, 0.717) is 34.5 Å². The van der Waals surface area contributed by atoms with Gasteiger partial charge in [0.2, 0.25) is 11.7 Å². The molecule has 1 atom stereocenters. The summed E-state index contributed by atoms with van der Waals surface area (Å²) in [6, 6.07) is 10.9. The number of amides is 1. The summed E-state index contributed by atoms with van der Waals surface area (Å²) in [5.74, 6) is 0.762. The third-order valence-corrected chi connectivity index (χ3v) is 5.94. The van der Waals surface area contributed by atoms with Gasteiger partial charge in [-0.15, -0.1) is 0 Å². The number of aromatic nitrogens is 5. The predicted octanol–water partition coefficient (Wildman–Crippen LogP) is 4.17. The number of hydrogen-bond donors (Lipinski definition) is 0. The minimum absolute atomic E-state index is 0.120. The fourth-order valence-electron chi connectivity index (χ4n) is 3.71. The molecule has 8 nitrogen and oxygen atoms in total. The molecule has 4 aromatic rings. The van der Waals surface area contributed by atoms with Crippen LogP contribution in [0.3, 0.4) is 0 Å². The number of carbonyl (C=O) groups is 1. The molecule has 2 aromatic carbocycles. The Morgan fingerprint density at radius 2 is 1.97 bits per heavy atom. The molecule has 9 heteroatoms. The van der Waals surface area contributed by atoms with E-state index in [1.807, 2.05) is 50.2 Å². The largest absolute Gasteiger partial charge is 0.337 e. The number of nitrogens with zero attached hydrogens (tertiary/aromatic N) is 6. The van der Waals surface area contributed by atoms with Crippen LogP contribution in [0.1, 0.15) is 39.8 Å². The zero-order valence-corrected chi connectivity index (χ0v) is 17.7. The summed E-state index contributed by atoms with van der Waals surface area (Å²) < 4.78 is 5.53. The quantitative estimate of drug-likeness (QED) is 0.478. The molecule has 0 aliphatic carbocycles. The van der Waals surface area contributed by atoms with Crippen LogP contribution in [-0.4, -0.2) is 42.5 Å². The summed E-state index contributed by atoms with van der Waals surface area (Å²) in [4.78, 5) is 21.2. The molecule has 0 bridgehead atoms. The second kappa shape index (κ2) is 7.63. The highest BCUT2D eigenvalue weighted by Crippen LogP contribution is 2.36. The third-order valence-electron chi connectivity index (χ3n) is 5.53. The van der Waals surface area contributed by atoms with Gasteiger partial charge in [0.25, 0.3) is 5.91 Å². The van der Waals surface area contributed by atoms with Gasteiger partial charge >= 0.3 is 0 Å². The fraction of sp³-hybridized carbons (Fsp3) is 0.227. The van der Waals surface area contributed by atoms with E-state index in [4.69, 9.17) is 16.1 Å². The first-order valence-electron chi connectivity index (χ1n) is 9.90. The molecular weight excluding hydrogens is 416 g/mol. The Morgan fingerprint density at radius 3 is 2.71 bits per heavy atom. The maximum Gasteiger partial charge on any atom is 0.256 e. The second-order valence-corrected chi connectivity index (χ2v) is 7.92. The second-order valence-electron chi connectivity index (χ2n) is 7.51. The summed E-state index contributed by atoms with van der Waals surface area (Å²) in [7, 11) is 0. The molecule has 5 rings (SSSR count). The van der Waals surface area contributed by atoms with E-state index in [9.17, 15) is 4.79 Å². The zero-order valence-electron chi connectivity index (χ0n) is 17.0. The first-order valence-corrected chi connectivity index (χ1v) is 10.3. The molecule has 1 fully saturated rings. The van der Waals surface area contributed by atoms with E-state index >= 15 is 0 Å². The molecule has 0 spiro atoms. The van der Waals surface area contributed by atoms with Crippen molar-refractivity contribution in [2.24, 2.45) is 0 Å². The number of benzene rings is 2. The summed E-state index contributed by atoms with van der Waals surface area (Å²) >= 11 is 6.22. The van der Waals surface area contributed by atoms with Gasteiger partial charge in [-0.1, -0.05) is 40.5 Å². The third kappa shape index (κ3) is 3.38. The highest BCUT2D eigenvalue weighted by molar-refractivity contribution is 6.31. The molecule has 1 amide bonds. The number of likely N-dealkylation sites (tertiary alicyclic amines) is 1. The maximum absolute atomic E-state index is 13.4. The average molecular weight is 435 g/mol. The molecule has 1 saturated heterocycles. The van der Waals surface area contributed by atoms with Crippen LogP contribution in [0.2, 0.25) is 5.02 Å². The van der Waals surface area contributed by atoms with Gasteiger partial charge in [-0.25, -0.2) is 0 Å². The van der Waals surface area contributed by atoms with E-state index in [0.717, 1.165) is 23.1 Å². The minimum atomic E-state index is -0.271. The van der Waals surface area contributed by atoms with Crippen molar-refractivity contribution in [1.82, 2.24) is 30.0 Å². The molecular formula is C22H19ClN6O2. The molecule has 2 aromatic heterocycles. The number of aryl methyl sites for hydroxylation is 1. The average Bonchev–Trinajstić information content (AvgIpc) is 3.42. The maximum atomic E-state index is 13.4. The number of hydrogen-bond acceptors (Lipinski definition) is 6. The van der Waals surface area contributed by atoms with Crippen molar-refractivity contribution in [3.05, 3.63) is 76.4 Å². The lowest BCUT2D eigenvalue weighted by atomic mass is 9.99. The van der Waals surface area contributed by atoms with Crippen LogP contribution in [0.25, 0.3) is 17.1 Å². The van der Waals surface area contributed by atoms with Crippen LogP contribution < -0.4 is 0 Å². The lowest BCUT2D eigenvalue weighted by Gasteiger charge is -2.38. The Balaban J connectivity index is 1.44. The monoisotopic (exact) mass is 434 g/mol. The highest BCUT2D eigenvalue weighted by Gasteiger charge is 2.39. The van der Waals surface area contributed by atoms with E-state index < -0.39 is 0 Å². The van der Waals surface area contributed by atoms with Crippen molar-refractivity contribution < 1.29 is 9.32 Å². The standard InChI is InChI=1S/C22H19ClN6O2/c1-13-6-7-18(29-24-9-10-25-29)16(12-13)22(30)28-11-8-19(28)21-26-20(27-31-21)15-4-3-5-17(23)14(15)2/h3-7,9-10,12,19H,8,11H2,1-2H3.